The van der Waals surface area contributed by atoms with Crippen molar-refractivity contribution < 1.29 is 5.11 Å². The number of aromatic nitrogens is 1. The lowest BCUT2D eigenvalue weighted by atomic mass is 9.55. The number of nitrogens with zero attached hydrogens (tertiary/aromatic N) is 2. The molecule has 4 unspecified atom stereocenters. The van der Waals surface area contributed by atoms with Crippen molar-refractivity contribution in [3.05, 3.63) is 63.4 Å². The van der Waals surface area contributed by atoms with Crippen molar-refractivity contribution >= 4 is 38.1 Å². The van der Waals surface area contributed by atoms with E-state index in [1.54, 1.807) is 11.3 Å². The second kappa shape index (κ2) is 8.24. The second-order valence-corrected chi connectivity index (χ2v) is 11.8. The van der Waals surface area contributed by atoms with Gasteiger partial charge in [-0.25, -0.2) is 4.98 Å². The maximum atomic E-state index is 9.91. The summed E-state index contributed by atoms with van der Waals surface area (Å²) in [6.45, 7) is 2.45. The molecule has 0 radical (unpaired) electrons. The first kappa shape index (κ1) is 21.4. The molecule has 3 aliphatic carbocycles. The minimum absolute atomic E-state index is 0.175. The van der Waals surface area contributed by atoms with Gasteiger partial charge in [0.05, 0.1) is 5.69 Å². The molecule has 3 aliphatic rings. The number of rotatable bonds is 3. The Kier molecular flexibility index (Phi) is 5.33. The molecule has 2 saturated carbocycles. The van der Waals surface area contributed by atoms with Crippen LogP contribution < -0.4 is 5.43 Å². The van der Waals surface area contributed by atoms with Crippen LogP contribution in [0, 0.1) is 17.3 Å². The number of anilines is 1. The van der Waals surface area contributed by atoms with Crippen LogP contribution in [0.15, 0.2) is 57.4 Å². The molecule has 0 bridgehead atoms. The fourth-order valence-corrected chi connectivity index (χ4v) is 7.66. The topological polar surface area (TPSA) is 57.5 Å². The van der Waals surface area contributed by atoms with Gasteiger partial charge in [-0.2, -0.15) is 5.10 Å². The van der Waals surface area contributed by atoms with Gasteiger partial charge in [0.2, 0.25) is 5.13 Å². The monoisotopic (exact) mass is 521 g/mol. The van der Waals surface area contributed by atoms with Gasteiger partial charge in [-0.15, -0.1) is 11.3 Å². The van der Waals surface area contributed by atoms with E-state index < -0.39 is 0 Å². The summed E-state index contributed by atoms with van der Waals surface area (Å²) in [4.78, 5) is 4.76. The van der Waals surface area contributed by atoms with Crippen LogP contribution in [0.4, 0.5) is 5.13 Å². The van der Waals surface area contributed by atoms with Gasteiger partial charge in [0, 0.05) is 26.5 Å². The van der Waals surface area contributed by atoms with Crippen molar-refractivity contribution in [3.8, 4) is 17.0 Å². The highest BCUT2D eigenvalue weighted by Crippen LogP contribution is 2.60. The predicted octanol–water partition coefficient (Wildman–Crippen LogP) is 7.60. The Bertz CT molecular complexity index is 1220. The van der Waals surface area contributed by atoms with E-state index >= 15 is 0 Å². The Morgan fingerprint density at radius 1 is 1.12 bits per heavy atom. The number of thiazole rings is 1. The van der Waals surface area contributed by atoms with Gasteiger partial charge in [-0.3, -0.25) is 5.43 Å². The predicted molar refractivity (Wildman–Crippen MR) is 139 cm³/mol. The molecule has 0 spiro atoms. The number of phenols is 1. The molecule has 2 fully saturated rings. The molecular formula is C27H28BrN3OS. The number of hydrazone groups is 1. The van der Waals surface area contributed by atoms with Crippen LogP contribution in [-0.4, -0.2) is 15.8 Å². The Hall–Kier alpha value is -2.18. The fraction of sp³-hybridized carbons (Fsp3) is 0.407. The first-order valence-electron chi connectivity index (χ1n) is 11.9. The quantitative estimate of drug-likeness (QED) is 0.348. The number of halogens is 1. The van der Waals surface area contributed by atoms with Gasteiger partial charge in [0.25, 0.3) is 0 Å². The van der Waals surface area contributed by atoms with E-state index in [0.29, 0.717) is 17.6 Å². The number of benzene rings is 2. The zero-order valence-electron chi connectivity index (χ0n) is 18.7. The van der Waals surface area contributed by atoms with E-state index in [1.807, 2.05) is 24.3 Å². The van der Waals surface area contributed by atoms with E-state index in [0.717, 1.165) is 39.6 Å². The fourth-order valence-electron chi connectivity index (χ4n) is 6.73. The molecular weight excluding hydrogens is 494 g/mol. The second-order valence-electron chi connectivity index (χ2n) is 10.0. The van der Waals surface area contributed by atoms with Gasteiger partial charge in [-0.05, 0) is 91.7 Å². The van der Waals surface area contributed by atoms with Crippen molar-refractivity contribution in [2.75, 3.05) is 5.43 Å². The first-order valence-corrected chi connectivity index (χ1v) is 13.5. The Labute approximate surface area is 207 Å². The average molecular weight is 523 g/mol. The smallest absolute Gasteiger partial charge is 0.203 e. The van der Waals surface area contributed by atoms with Crippen LogP contribution in [0.25, 0.3) is 11.3 Å². The minimum Gasteiger partial charge on any atom is -0.508 e. The molecule has 2 aromatic carbocycles. The molecule has 0 amide bonds. The maximum absolute atomic E-state index is 9.91. The molecule has 6 heteroatoms. The highest BCUT2D eigenvalue weighted by atomic mass is 79.9. The molecule has 0 saturated heterocycles. The molecule has 3 aromatic rings. The van der Waals surface area contributed by atoms with Crippen molar-refractivity contribution in [1.82, 2.24) is 4.98 Å². The van der Waals surface area contributed by atoms with Gasteiger partial charge >= 0.3 is 0 Å². The van der Waals surface area contributed by atoms with Crippen molar-refractivity contribution in [1.29, 1.82) is 0 Å². The van der Waals surface area contributed by atoms with Crippen molar-refractivity contribution in [3.63, 3.8) is 0 Å². The maximum Gasteiger partial charge on any atom is 0.203 e. The lowest BCUT2D eigenvalue weighted by Crippen LogP contribution is -2.42. The molecule has 170 valence electrons. The van der Waals surface area contributed by atoms with Crippen molar-refractivity contribution in [2.24, 2.45) is 22.4 Å². The lowest BCUT2D eigenvalue weighted by Gasteiger charge is -2.49. The number of nitrogens with one attached hydrogen (secondary N) is 1. The van der Waals surface area contributed by atoms with Crippen LogP contribution in [0.1, 0.15) is 56.1 Å². The molecule has 0 aliphatic heterocycles. The van der Waals surface area contributed by atoms with Gasteiger partial charge < -0.3 is 5.11 Å². The Morgan fingerprint density at radius 2 is 1.97 bits per heavy atom. The third-order valence-corrected chi connectivity index (χ3v) is 9.66. The Balaban J connectivity index is 1.20. The summed E-state index contributed by atoms with van der Waals surface area (Å²) in [6, 6.07) is 14.3. The largest absolute Gasteiger partial charge is 0.508 e. The van der Waals surface area contributed by atoms with E-state index in [1.165, 1.54) is 42.5 Å². The molecule has 1 aromatic heterocycles. The Morgan fingerprint density at radius 3 is 2.82 bits per heavy atom. The summed E-state index contributed by atoms with van der Waals surface area (Å²) in [7, 11) is 0. The van der Waals surface area contributed by atoms with Crippen LogP contribution in [-0.2, 0) is 6.42 Å². The van der Waals surface area contributed by atoms with Crippen LogP contribution in [0.2, 0.25) is 0 Å². The molecule has 6 rings (SSSR count). The summed E-state index contributed by atoms with van der Waals surface area (Å²) in [6.07, 6.45) is 7.00. The summed E-state index contributed by atoms with van der Waals surface area (Å²) in [5.41, 5.74) is 9.74. The molecule has 1 heterocycles. The van der Waals surface area contributed by atoms with E-state index in [2.05, 4.69) is 51.9 Å². The zero-order chi connectivity index (χ0) is 22.6. The molecule has 2 N–H and O–H groups in total. The number of fused-ring (bicyclic) bond motifs is 5. The van der Waals surface area contributed by atoms with Gasteiger partial charge in [-0.1, -0.05) is 41.1 Å². The number of aryl methyl sites for hydroxylation is 1. The SMILES string of the molecule is CC12CCC3c4ccc(O)cc4CCC3C1CC/C2=N\Nc1nc(-c2ccc(Br)cc2)cs1. The van der Waals surface area contributed by atoms with Gasteiger partial charge in [0.1, 0.15) is 5.75 Å². The molecule has 4 nitrogen and oxygen atoms in total. The minimum atomic E-state index is 0.175. The summed E-state index contributed by atoms with van der Waals surface area (Å²) in [5, 5.41) is 17.8. The zero-order valence-corrected chi connectivity index (χ0v) is 21.1. The summed E-state index contributed by atoms with van der Waals surface area (Å²) < 4.78 is 1.07. The van der Waals surface area contributed by atoms with E-state index in [-0.39, 0.29) is 5.41 Å². The molecule has 33 heavy (non-hydrogen) atoms. The van der Waals surface area contributed by atoms with Crippen molar-refractivity contribution in [2.45, 2.75) is 51.4 Å². The third kappa shape index (κ3) is 3.71. The number of hydrogen-bond acceptors (Lipinski definition) is 5. The average Bonchev–Trinajstić information content (AvgIpc) is 3.42. The van der Waals surface area contributed by atoms with E-state index in [4.69, 9.17) is 10.1 Å². The number of hydrogen-bond donors (Lipinski definition) is 2. The third-order valence-electron chi connectivity index (χ3n) is 8.38. The molecule has 4 atom stereocenters. The number of phenolic OH excluding ortho intramolecular Hbond substituents is 1. The van der Waals surface area contributed by atoms with Crippen LogP contribution in [0.5, 0.6) is 5.75 Å². The standard InChI is InChI=1S/C27H28BrN3OS/c1-27-13-12-21-20-9-7-19(32)14-17(20)4-8-22(21)23(27)10-11-25(27)30-31-26-29-24(15-33-26)16-2-5-18(28)6-3-16/h2-3,5-7,9,14-15,21-23,32H,4,8,10-13H2,1H3,(H,29,31)/b30-25+. The first-order chi connectivity index (χ1) is 16.0. The highest BCUT2D eigenvalue weighted by Gasteiger charge is 2.53. The summed E-state index contributed by atoms with van der Waals surface area (Å²) in [5.74, 6) is 2.44. The highest BCUT2D eigenvalue weighted by molar-refractivity contribution is 9.10. The lowest BCUT2D eigenvalue weighted by molar-refractivity contribution is 0.0956. The normalized spacial score (nSPS) is 29.4. The van der Waals surface area contributed by atoms with Crippen LogP contribution >= 0.6 is 27.3 Å². The van der Waals surface area contributed by atoms with E-state index in [9.17, 15) is 5.11 Å². The summed E-state index contributed by atoms with van der Waals surface area (Å²) >= 11 is 5.10. The van der Waals surface area contributed by atoms with Crippen LogP contribution in [0.3, 0.4) is 0 Å². The number of aromatic hydroxyl groups is 1. The van der Waals surface area contributed by atoms with Gasteiger partial charge in [0.15, 0.2) is 0 Å².